The topological polar surface area (TPSA) is 97.0 Å². The quantitative estimate of drug-likeness (QED) is 0.598. The number of carbonyl (C=O) groups excluding carboxylic acids is 1. The molecule has 3 heterocycles. The number of nitrogens with one attached hydrogen (secondary N) is 1. The second-order valence-electron chi connectivity index (χ2n) is 8.63. The summed E-state index contributed by atoms with van der Waals surface area (Å²) in [7, 11) is 0. The molecule has 2 aromatic heterocycles. The third-order valence-corrected chi connectivity index (χ3v) is 5.87. The average Bonchev–Trinajstić information content (AvgIpc) is 2.80. The third-order valence-electron chi connectivity index (χ3n) is 5.87. The number of aromatic nitrogens is 3. The van der Waals surface area contributed by atoms with E-state index in [0.29, 0.717) is 31.2 Å². The number of piperidine rings is 1. The van der Waals surface area contributed by atoms with E-state index in [1.165, 1.54) is 12.1 Å². The van der Waals surface area contributed by atoms with E-state index in [1.807, 2.05) is 36.9 Å². The lowest BCUT2D eigenvalue weighted by molar-refractivity contribution is -0.133. The highest BCUT2D eigenvalue weighted by molar-refractivity contribution is 5.82. The molecule has 0 radical (unpaired) electrons. The van der Waals surface area contributed by atoms with Crippen LogP contribution >= 0.6 is 0 Å². The number of hydrogen-bond donors (Lipinski definition) is 2. The number of benzene rings is 1. The van der Waals surface area contributed by atoms with Crippen LogP contribution in [0.3, 0.4) is 0 Å². The van der Waals surface area contributed by atoms with Crippen molar-refractivity contribution in [2.24, 2.45) is 5.73 Å². The van der Waals surface area contributed by atoms with Crippen LogP contribution in [-0.4, -0.2) is 44.9 Å². The van der Waals surface area contributed by atoms with E-state index in [-0.39, 0.29) is 17.6 Å². The number of amides is 1. The normalized spacial score (nSPS) is 17.0. The monoisotopic (exact) mass is 448 g/mol. The van der Waals surface area contributed by atoms with Crippen molar-refractivity contribution >= 4 is 17.5 Å². The number of halogens is 1. The van der Waals surface area contributed by atoms with Crippen LogP contribution in [0, 0.1) is 19.7 Å². The molecule has 1 fully saturated rings. The summed E-state index contributed by atoms with van der Waals surface area (Å²) in [6.07, 6.45) is 3.96. The zero-order valence-electron chi connectivity index (χ0n) is 19.0. The molecule has 172 valence electrons. The van der Waals surface area contributed by atoms with Crippen LogP contribution in [0.5, 0.6) is 0 Å². The van der Waals surface area contributed by atoms with Crippen molar-refractivity contribution in [1.29, 1.82) is 0 Å². The average molecular weight is 449 g/mol. The van der Waals surface area contributed by atoms with E-state index in [1.54, 1.807) is 18.3 Å². The molecule has 4 rings (SSSR count). The maximum absolute atomic E-state index is 13.1. The molecule has 3 aromatic rings. The molecular formula is C25H29FN6O. The van der Waals surface area contributed by atoms with Gasteiger partial charge in [0.25, 0.3) is 0 Å². The standard InChI is InChI=1S/C25H29FN6O/c1-16-9-10-28-23(12-16)31-24-14-22(29-17(2)30-24)19-4-3-11-32(15-19)25(33)21(27)13-18-5-7-20(26)8-6-18/h5-10,12,14,19,21H,3-4,11,13,15,27H2,1-2H3,(H,28,29,30,31)/t19-,21-/m1/s1. The summed E-state index contributed by atoms with van der Waals surface area (Å²) in [6.45, 7) is 5.12. The lowest BCUT2D eigenvalue weighted by atomic mass is 9.93. The molecule has 0 bridgehead atoms. The van der Waals surface area contributed by atoms with Gasteiger partial charge in [-0.1, -0.05) is 12.1 Å². The van der Waals surface area contributed by atoms with Crippen LogP contribution in [0.2, 0.25) is 0 Å². The van der Waals surface area contributed by atoms with E-state index in [0.717, 1.165) is 35.5 Å². The minimum Gasteiger partial charge on any atom is -0.341 e. The van der Waals surface area contributed by atoms with Crippen molar-refractivity contribution in [3.63, 3.8) is 0 Å². The summed E-state index contributed by atoms with van der Waals surface area (Å²) in [6, 6.07) is 11.3. The van der Waals surface area contributed by atoms with E-state index >= 15 is 0 Å². The number of aryl methyl sites for hydroxylation is 2. The van der Waals surface area contributed by atoms with Gasteiger partial charge in [0.2, 0.25) is 5.91 Å². The first-order valence-electron chi connectivity index (χ1n) is 11.2. The van der Waals surface area contributed by atoms with Gasteiger partial charge < -0.3 is 16.0 Å². The fourth-order valence-corrected chi connectivity index (χ4v) is 4.21. The van der Waals surface area contributed by atoms with Crippen molar-refractivity contribution < 1.29 is 9.18 Å². The predicted octanol–water partition coefficient (Wildman–Crippen LogP) is 3.65. The number of rotatable bonds is 6. The summed E-state index contributed by atoms with van der Waals surface area (Å²) in [4.78, 5) is 28.4. The molecule has 3 N–H and O–H groups in total. The summed E-state index contributed by atoms with van der Waals surface area (Å²) in [5, 5.41) is 3.26. The zero-order valence-corrected chi connectivity index (χ0v) is 19.0. The summed E-state index contributed by atoms with van der Waals surface area (Å²) < 4.78 is 13.1. The van der Waals surface area contributed by atoms with Gasteiger partial charge in [0.1, 0.15) is 23.3 Å². The molecule has 0 unspecified atom stereocenters. The van der Waals surface area contributed by atoms with Gasteiger partial charge in [-0.3, -0.25) is 4.79 Å². The summed E-state index contributed by atoms with van der Waals surface area (Å²) >= 11 is 0. The Kier molecular flexibility index (Phi) is 6.93. The minimum atomic E-state index is -0.661. The van der Waals surface area contributed by atoms with Gasteiger partial charge in [-0.15, -0.1) is 0 Å². The second kappa shape index (κ2) is 10.0. The second-order valence-corrected chi connectivity index (χ2v) is 8.63. The lowest BCUT2D eigenvalue weighted by Gasteiger charge is -2.34. The maximum atomic E-state index is 13.1. The molecule has 1 aliphatic rings. The van der Waals surface area contributed by atoms with Gasteiger partial charge in [0.15, 0.2) is 0 Å². The van der Waals surface area contributed by atoms with Crippen molar-refractivity contribution in [2.45, 2.75) is 45.1 Å². The Morgan fingerprint density at radius 2 is 1.97 bits per heavy atom. The Morgan fingerprint density at radius 3 is 2.73 bits per heavy atom. The molecule has 33 heavy (non-hydrogen) atoms. The number of nitrogens with zero attached hydrogens (tertiary/aromatic N) is 4. The molecule has 2 atom stereocenters. The van der Waals surface area contributed by atoms with Crippen LogP contribution in [0.4, 0.5) is 16.0 Å². The Bertz CT molecular complexity index is 1120. The molecule has 0 spiro atoms. The van der Waals surface area contributed by atoms with Crippen LogP contribution in [-0.2, 0) is 11.2 Å². The highest BCUT2D eigenvalue weighted by Crippen LogP contribution is 2.28. The Morgan fingerprint density at radius 1 is 1.18 bits per heavy atom. The largest absolute Gasteiger partial charge is 0.341 e. The van der Waals surface area contributed by atoms with Crippen molar-refractivity contribution in [3.8, 4) is 0 Å². The van der Waals surface area contributed by atoms with E-state index in [9.17, 15) is 9.18 Å². The first-order valence-corrected chi connectivity index (χ1v) is 11.2. The van der Waals surface area contributed by atoms with Gasteiger partial charge in [0, 0.05) is 31.3 Å². The van der Waals surface area contributed by atoms with Gasteiger partial charge in [0.05, 0.1) is 11.7 Å². The number of carbonyl (C=O) groups is 1. The third kappa shape index (κ3) is 5.90. The Hall–Kier alpha value is -3.39. The van der Waals surface area contributed by atoms with Crippen LogP contribution < -0.4 is 11.1 Å². The molecule has 1 saturated heterocycles. The number of likely N-dealkylation sites (tertiary alicyclic amines) is 1. The highest BCUT2D eigenvalue weighted by Gasteiger charge is 2.29. The smallest absolute Gasteiger partial charge is 0.239 e. The summed E-state index contributed by atoms with van der Waals surface area (Å²) in [5.41, 5.74) is 9.08. The zero-order chi connectivity index (χ0) is 23.4. The fourth-order valence-electron chi connectivity index (χ4n) is 4.21. The first-order chi connectivity index (χ1) is 15.9. The molecule has 1 amide bonds. The van der Waals surface area contributed by atoms with Crippen molar-refractivity contribution in [3.05, 3.63) is 77.1 Å². The molecular weight excluding hydrogens is 419 g/mol. The van der Waals surface area contributed by atoms with Crippen LogP contribution in [0.1, 0.15) is 41.4 Å². The number of pyridine rings is 1. The lowest BCUT2D eigenvalue weighted by Crippen LogP contribution is -2.48. The Balaban J connectivity index is 1.44. The van der Waals surface area contributed by atoms with E-state index in [4.69, 9.17) is 5.73 Å². The van der Waals surface area contributed by atoms with Gasteiger partial charge in [-0.25, -0.2) is 19.3 Å². The SMILES string of the molecule is Cc1ccnc(Nc2cc([C@@H]3CCCN(C(=O)[C@H](N)Cc4ccc(F)cc4)C3)nc(C)n2)c1. The minimum absolute atomic E-state index is 0.0860. The number of anilines is 2. The first kappa shape index (κ1) is 22.8. The van der Waals surface area contributed by atoms with E-state index < -0.39 is 6.04 Å². The maximum Gasteiger partial charge on any atom is 0.239 e. The van der Waals surface area contributed by atoms with Crippen LogP contribution in [0.25, 0.3) is 0 Å². The van der Waals surface area contributed by atoms with Crippen molar-refractivity contribution in [2.75, 3.05) is 18.4 Å². The molecule has 1 aliphatic heterocycles. The molecule has 8 heteroatoms. The molecule has 7 nitrogen and oxygen atoms in total. The van der Waals surface area contributed by atoms with E-state index in [2.05, 4.69) is 20.3 Å². The molecule has 0 saturated carbocycles. The van der Waals surface area contributed by atoms with Gasteiger partial charge >= 0.3 is 0 Å². The molecule has 1 aromatic carbocycles. The number of nitrogens with two attached hydrogens (primary N) is 1. The van der Waals surface area contributed by atoms with Gasteiger partial charge in [-0.2, -0.15) is 0 Å². The Labute approximate surface area is 193 Å². The molecule has 0 aliphatic carbocycles. The van der Waals surface area contributed by atoms with Crippen LogP contribution in [0.15, 0.2) is 48.7 Å². The summed E-state index contributed by atoms with van der Waals surface area (Å²) in [5.74, 6) is 1.80. The van der Waals surface area contributed by atoms with Crippen molar-refractivity contribution in [1.82, 2.24) is 19.9 Å². The highest BCUT2D eigenvalue weighted by atomic mass is 19.1. The van der Waals surface area contributed by atoms with Gasteiger partial charge in [-0.05, 0) is 68.5 Å². The fraction of sp³-hybridized carbons (Fsp3) is 0.360. The number of hydrogen-bond acceptors (Lipinski definition) is 6. The predicted molar refractivity (Wildman–Crippen MR) is 126 cm³/mol.